The average Bonchev–Trinajstić information content (AvgIpc) is 2.54. The van der Waals surface area contributed by atoms with Crippen LogP contribution >= 0.6 is 0 Å². The summed E-state index contributed by atoms with van der Waals surface area (Å²) in [5.74, 6) is 0.0598. The summed E-state index contributed by atoms with van der Waals surface area (Å²) in [7, 11) is 0. The second-order valence-electron chi connectivity index (χ2n) is 4.98. The minimum Gasteiger partial charge on any atom is -0.331 e. The van der Waals surface area contributed by atoms with E-state index in [1.165, 1.54) is 0 Å². The maximum Gasteiger partial charge on any atom is 0.246 e. The summed E-state index contributed by atoms with van der Waals surface area (Å²) in [5, 5.41) is 0. The number of benzene rings is 2. The van der Waals surface area contributed by atoms with Crippen LogP contribution in [0.4, 0.5) is 0 Å². The van der Waals surface area contributed by atoms with Gasteiger partial charge in [-0.1, -0.05) is 73.7 Å². The number of rotatable bonds is 6. The molecule has 0 saturated heterocycles. The average molecular weight is 279 g/mol. The molecule has 0 unspecified atom stereocenters. The zero-order valence-electron chi connectivity index (χ0n) is 12.4. The summed E-state index contributed by atoms with van der Waals surface area (Å²) < 4.78 is 0. The van der Waals surface area contributed by atoms with Gasteiger partial charge in [-0.05, 0) is 23.6 Å². The van der Waals surface area contributed by atoms with Crippen molar-refractivity contribution in [3.63, 3.8) is 0 Å². The first kappa shape index (κ1) is 15.0. The molecule has 0 atom stereocenters. The molecule has 0 aliphatic rings. The van der Waals surface area contributed by atoms with Crippen LogP contribution < -0.4 is 0 Å². The number of hydrogen-bond donors (Lipinski definition) is 0. The van der Waals surface area contributed by atoms with Crippen molar-refractivity contribution in [2.45, 2.75) is 26.4 Å². The largest absolute Gasteiger partial charge is 0.331 e. The predicted molar refractivity (Wildman–Crippen MR) is 86.6 cm³/mol. The Morgan fingerprint density at radius 2 is 1.38 bits per heavy atom. The highest BCUT2D eigenvalue weighted by Crippen LogP contribution is 2.11. The third-order valence-corrected chi connectivity index (χ3v) is 3.24. The van der Waals surface area contributed by atoms with Gasteiger partial charge in [-0.25, -0.2) is 0 Å². The first-order valence-corrected chi connectivity index (χ1v) is 7.33. The van der Waals surface area contributed by atoms with Crippen LogP contribution in [0, 0.1) is 0 Å². The minimum absolute atomic E-state index is 0.0598. The third kappa shape index (κ3) is 4.92. The normalized spacial score (nSPS) is 10.7. The SMILES string of the molecule is CC/C=C\C(=O)N(Cc1ccccc1)Cc1ccccc1. The Bertz CT molecular complexity index is 534. The summed E-state index contributed by atoms with van der Waals surface area (Å²) in [6, 6.07) is 20.2. The molecule has 0 aromatic heterocycles. The van der Waals surface area contributed by atoms with Crippen LogP contribution in [0.25, 0.3) is 0 Å². The standard InChI is InChI=1S/C19H21NO/c1-2-3-14-19(21)20(15-17-10-6-4-7-11-17)16-18-12-8-5-9-13-18/h3-14H,2,15-16H2,1H3/b14-3-. The molecule has 0 radical (unpaired) electrons. The smallest absolute Gasteiger partial charge is 0.246 e. The monoisotopic (exact) mass is 279 g/mol. The van der Waals surface area contributed by atoms with Crippen molar-refractivity contribution >= 4 is 5.91 Å². The number of allylic oxidation sites excluding steroid dienone is 1. The molecule has 0 saturated carbocycles. The lowest BCUT2D eigenvalue weighted by atomic mass is 10.1. The van der Waals surface area contributed by atoms with Gasteiger partial charge in [0.1, 0.15) is 0 Å². The van der Waals surface area contributed by atoms with Crippen molar-refractivity contribution < 1.29 is 4.79 Å². The van der Waals surface area contributed by atoms with Gasteiger partial charge in [-0.15, -0.1) is 0 Å². The van der Waals surface area contributed by atoms with E-state index in [0.29, 0.717) is 13.1 Å². The molecule has 2 aromatic rings. The molecular formula is C19H21NO. The van der Waals surface area contributed by atoms with Gasteiger partial charge >= 0.3 is 0 Å². The molecule has 0 aliphatic carbocycles. The lowest BCUT2D eigenvalue weighted by Crippen LogP contribution is -2.28. The van der Waals surface area contributed by atoms with Crippen LogP contribution in [-0.2, 0) is 17.9 Å². The summed E-state index contributed by atoms with van der Waals surface area (Å²) in [6.45, 7) is 3.29. The van der Waals surface area contributed by atoms with Crippen molar-refractivity contribution in [3.05, 3.63) is 83.9 Å². The second kappa shape index (κ2) is 8.05. The fourth-order valence-electron chi connectivity index (χ4n) is 2.14. The lowest BCUT2D eigenvalue weighted by molar-refractivity contribution is -0.127. The van der Waals surface area contributed by atoms with E-state index in [1.807, 2.05) is 54.3 Å². The highest BCUT2D eigenvalue weighted by molar-refractivity contribution is 5.87. The van der Waals surface area contributed by atoms with E-state index in [2.05, 4.69) is 24.3 Å². The molecule has 0 fully saturated rings. The van der Waals surface area contributed by atoms with E-state index in [-0.39, 0.29) is 5.91 Å². The summed E-state index contributed by atoms with van der Waals surface area (Å²) >= 11 is 0. The second-order valence-corrected chi connectivity index (χ2v) is 4.98. The molecule has 1 amide bonds. The minimum atomic E-state index is 0.0598. The van der Waals surface area contributed by atoms with Gasteiger partial charge in [0.05, 0.1) is 0 Å². The number of carbonyl (C=O) groups is 1. The Labute approximate surface area is 126 Å². The molecule has 2 rings (SSSR count). The Hall–Kier alpha value is -2.35. The van der Waals surface area contributed by atoms with Gasteiger partial charge in [0.25, 0.3) is 0 Å². The Balaban J connectivity index is 2.13. The van der Waals surface area contributed by atoms with E-state index in [9.17, 15) is 4.79 Å². The van der Waals surface area contributed by atoms with E-state index < -0.39 is 0 Å². The Morgan fingerprint density at radius 3 is 1.81 bits per heavy atom. The quantitative estimate of drug-likeness (QED) is 0.726. The number of carbonyl (C=O) groups excluding carboxylic acids is 1. The van der Waals surface area contributed by atoms with Gasteiger partial charge in [0, 0.05) is 13.1 Å². The van der Waals surface area contributed by atoms with Gasteiger partial charge in [-0.3, -0.25) is 4.79 Å². The van der Waals surface area contributed by atoms with Gasteiger partial charge in [-0.2, -0.15) is 0 Å². The van der Waals surface area contributed by atoms with Crippen molar-refractivity contribution in [1.82, 2.24) is 4.90 Å². The Kier molecular flexibility index (Phi) is 5.77. The maximum absolute atomic E-state index is 12.3. The van der Waals surface area contributed by atoms with E-state index >= 15 is 0 Å². The zero-order valence-corrected chi connectivity index (χ0v) is 12.4. The van der Waals surface area contributed by atoms with E-state index in [0.717, 1.165) is 17.5 Å². The Morgan fingerprint density at radius 1 is 0.905 bits per heavy atom. The molecular weight excluding hydrogens is 258 g/mol. The van der Waals surface area contributed by atoms with Crippen molar-refractivity contribution in [3.8, 4) is 0 Å². The van der Waals surface area contributed by atoms with Crippen molar-refractivity contribution in [2.75, 3.05) is 0 Å². The highest BCUT2D eigenvalue weighted by Gasteiger charge is 2.11. The van der Waals surface area contributed by atoms with Crippen LogP contribution in [0.5, 0.6) is 0 Å². The van der Waals surface area contributed by atoms with Crippen molar-refractivity contribution in [1.29, 1.82) is 0 Å². The number of hydrogen-bond acceptors (Lipinski definition) is 1. The highest BCUT2D eigenvalue weighted by atomic mass is 16.2. The van der Waals surface area contributed by atoms with Gasteiger partial charge in [0.2, 0.25) is 5.91 Å². The molecule has 2 heteroatoms. The summed E-state index contributed by atoms with van der Waals surface area (Å²) in [6.07, 6.45) is 4.45. The number of nitrogens with zero attached hydrogens (tertiary/aromatic N) is 1. The molecule has 2 nitrogen and oxygen atoms in total. The molecule has 0 aliphatic heterocycles. The molecule has 108 valence electrons. The molecule has 0 bridgehead atoms. The van der Waals surface area contributed by atoms with Gasteiger partial charge < -0.3 is 4.90 Å². The fourth-order valence-corrected chi connectivity index (χ4v) is 2.14. The first-order chi connectivity index (χ1) is 10.3. The molecule has 2 aromatic carbocycles. The maximum atomic E-state index is 12.3. The van der Waals surface area contributed by atoms with Gasteiger partial charge in [0.15, 0.2) is 0 Å². The van der Waals surface area contributed by atoms with E-state index in [1.54, 1.807) is 6.08 Å². The van der Waals surface area contributed by atoms with Crippen molar-refractivity contribution in [2.24, 2.45) is 0 Å². The lowest BCUT2D eigenvalue weighted by Gasteiger charge is -2.21. The fraction of sp³-hybridized carbons (Fsp3) is 0.211. The van der Waals surface area contributed by atoms with E-state index in [4.69, 9.17) is 0 Å². The first-order valence-electron chi connectivity index (χ1n) is 7.33. The summed E-state index contributed by atoms with van der Waals surface area (Å²) in [4.78, 5) is 14.2. The van der Waals surface area contributed by atoms with Crippen LogP contribution in [0.3, 0.4) is 0 Å². The molecule has 0 spiro atoms. The predicted octanol–water partition coefficient (Wildman–Crippen LogP) is 4.18. The molecule has 21 heavy (non-hydrogen) atoms. The topological polar surface area (TPSA) is 20.3 Å². The van der Waals surface area contributed by atoms with Crippen LogP contribution in [0.2, 0.25) is 0 Å². The number of amides is 1. The zero-order chi connectivity index (χ0) is 14.9. The third-order valence-electron chi connectivity index (χ3n) is 3.24. The summed E-state index contributed by atoms with van der Waals surface area (Å²) in [5.41, 5.74) is 2.29. The van der Waals surface area contributed by atoms with Crippen LogP contribution in [-0.4, -0.2) is 10.8 Å². The van der Waals surface area contributed by atoms with Crippen LogP contribution in [0.1, 0.15) is 24.5 Å². The van der Waals surface area contributed by atoms with Crippen LogP contribution in [0.15, 0.2) is 72.8 Å². The molecule has 0 heterocycles. The molecule has 0 N–H and O–H groups in total.